The minimum absolute atomic E-state index is 0.00188. The van der Waals surface area contributed by atoms with Crippen molar-refractivity contribution in [3.8, 4) is 11.5 Å². The maximum Gasteiger partial charge on any atom is 0.271 e. The average molecular weight is 428 g/mol. The molecule has 0 saturated heterocycles. The normalized spacial score (nSPS) is 10.8. The number of benzene rings is 2. The number of hydrazone groups is 1. The van der Waals surface area contributed by atoms with Crippen molar-refractivity contribution < 1.29 is 18.7 Å². The summed E-state index contributed by atoms with van der Waals surface area (Å²) in [6, 6.07) is 12.8. The van der Waals surface area contributed by atoms with Gasteiger partial charge in [-0.2, -0.15) is 5.10 Å². The van der Waals surface area contributed by atoms with E-state index in [1.54, 1.807) is 42.5 Å². The lowest BCUT2D eigenvalue weighted by atomic mass is 10.2. The molecule has 1 N–H and O–H groups in total. The van der Waals surface area contributed by atoms with E-state index < -0.39 is 0 Å². The molecular formula is C22H19ClFN3O3. The summed E-state index contributed by atoms with van der Waals surface area (Å²) < 4.78 is 25.2. The first-order valence-corrected chi connectivity index (χ1v) is 9.52. The van der Waals surface area contributed by atoms with Crippen molar-refractivity contribution >= 4 is 23.7 Å². The van der Waals surface area contributed by atoms with Crippen LogP contribution in [-0.4, -0.2) is 23.7 Å². The van der Waals surface area contributed by atoms with E-state index in [0.717, 1.165) is 0 Å². The topological polar surface area (TPSA) is 72.8 Å². The lowest BCUT2D eigenvalue weighted by Crippen LogP contribution is -2.17. The predicted octanol–water partition coefficient (Wildman–Crippen LogP) is 4.62. The Bertz CT molecular complexity index is 1050. The van der Waals surface area contributed by atoms with Crippen molar-refractivity contribution in [1.82, 2.24) is 10.4 Å². The van der Waals surface area contributed by atoms with E-state index in [0.29, 0.717) is 34.8 Å². The van der Waals surface area contributed by atoms with Crippen LogP contribution in [0.3, 0.4) is 0 Å². The van der Waals surface area contributed by atoms with E-state index in [-0.39, 0.29) is 23.4 Å². The van der Waals surface area contributed by atoms with E-state index in [9.17, 15) is 9.18 Å². The third kappa shape index (κ3) is 5.55. The summed E-state index contributed by atoms with van der Waals surface area (Å²) in [7, 11) is 0. The Morgan fingerprint density at radius 1 is 1.20 bits per heavy atom. The number of halogens is 2. The van der Waals surface area contributed by atoms with Gasteiger partial charge in [0.2, 0.25) is 0 Å². The zero-order valence-electron chi connectivity index (χ0n) is 16.1. The molecule has 0 aliphatic rings. The van der Waals surface area contributed by atoms with Crippen LogP contribution in [-0.2, 0) is 6.61 Å². The fraction of sp³-hybridized carbons (Fsp3) is 0.136. The number of nitrogens with zero attached hydrogens (tertiary/aromatic N) is 2. The van der Waals surface area contributed by atoms with Crippen LogP contribution in [0, 0.1) is 5.82 Å². The van der Waals surface area contributed by atoms with Crippen LogP contribution in [0.25, 0.3) is 0 Å². The number of carbonyl (C=O) groups is 1. The molecule has 1 amide bonds. The largest absolute Gasteiger partial charge is 0.490 e. The molecule has 0 atom stereocenters. The second-order valence-corrected chi connectivity index (χ2v) is 6.49. The second kappa shape index (κ2) is 10.4. The maximum atomic E-state index is 13.8. The zero-order valence-corrected chi connectivity index (χ0v) is 16.9. The molecule has 0 bridgehead atoms. The molecule has 0 fully saturated rings. The van der Waals surface area contributed by atoms with Crippen LogP contribution in [0.2, 0.25) is 5.02 Å². The van der Waals surface area contributed by atoms with Gasteiger partial charge in [0.25, 0.3) is 5.91 Å². The Balaban J connectivity index is 1.73. The molecule has 0 unspecified atom stereocenters. The molecule has 0 spiro atoms. The van der Waals surface area contributed by atoms with Crippen molar-refractivity contribution in [2.75, 3.05) is 6.61 Å². The quantitative estimate of drug-likeness (QED) is 0.420. The molecule has 1 heterocycles. The van der Waals surface area contributed by atoms with Crippen molar-refractivity contribution in [3.05, 3.63) is 88.5 Å². The second-order valence-electron chi connectivity index (χ2n) is 6.08. The van der Waals surface area contributed by atoms with Gasteiger partial charge in [-0.1, -0.05) is 29.8 Å². The highest BCUT2D eigenvalue weighted by Crippen LogP contribution is 2.37. The summed E-state index contributed by atoms with van der Waals surface area (Å²) in [6.07, 6.45) is 4.48. The van der Waals surface area contributed by atoms with Crippen LogP contribution < -0.4 is 14.9 Å². The lowest BCUT2D eigenvalue weighted by Gasteiger charge is -2.14. The Hall–Kier alpha value is -3.45. The Morgan fingerprint density at radius 2 is 1.97 bits per heavy atom. The van der Waals surface area contributed by atoms with Crippen molar-refractivity contribution in [2.24, 2.45) is 5.10 Å². The number of amides is 1. The fourth-order valence-electron chi connectivity index (χ4n) is 2.56. The molecule has 3 aromatic rings. The summed E-state index contributed by atoms with van der Waals surface area (Å²) in [5, 5.41) is 4.22. The number of ether oxygens (including phenoxy) is 2. The van der Waals surface area contributed by atoms with Gasteiger partial charge in [-0.05, 0) is 42.8 Å². The number of pyridine rings is 1. The predicted molar refractivity (Wildman–Crippen MR) is 113 cm³/mol. The highest BCUT2D eigenvalue weighted by molar-refractivity contribution is 6.32. The highest BCUT2D eigenvalue weighted by atomic mass is 35.5. The van der Waals surface area contributed by atoms with Crippen LogP contribution in [0.1, 0.15) is 28.4 Å². The Labute approximate surface area is 178 Å². The smallest absolute Gasteiger partial charge is 0.271 e. The SMILES string of the molecule is CCOc1cc(/C=N/NC(=O)c2ccncc2)cc(Cl)c1OCc1ccccc1F. The molecule has 8 heteroatoms. The van der Waals surface area contributed by atoms with Crippen LogP contribution >= 0.6 is 11.6 Å². The first-order valence-electron chi connectivity index (χ1n) is 9.14. The molecule has 0 saturated carbocycles. The van der Waals surface area contributed by atoms with Gasteiger partial charge in [-0.25, -0.2) is 9.82 Å². The van der Waals surface area contributed by atoms with Crippen LogP contribution in [0.15, 0.2) is 66.0 Å². The highest BCUT2D eigenvalue weighted by Gasteiger charge is 2.13. The van der Waals surface area contributed by atoms with Gasteiger partial charge in [0.1, 0.15) is 12.4 Å². The molecule has 154 valence electrons. The van der Waals surface area contributed by atoms with E-state index in [1.807, 2.05) is 6.92 Å². The molecule has 30 heavy (non-hydrogen) atoms. The van der Waals surface area contributed by atoms with Gasteiger partial charge < -0.3 is 9.47 Å². The van der Waals surface area contributed by atoms with Gasteiger partial charge in [-0.15, -0.1) is 0 Å². The lowest BCUT2D eigenvalue weighted by molar-refractivity contribution is 0.0955. The van der Waals surface area contributed by atoms with Gasteiger partial charge in [0.05, 0.1) is 17.8 Å². The number of nitrogens with one attached hydrogen (secondary N) is 1. The molecule has 0 aliphatic heterocycles. The number of rotatable bonds is 8. The van der Waals surface area contributed by atoms with E-state index >= 15 is 0 Å². The average Bonchev–Trinajstić information content (AvgIpc) is 2.75. The summed E-state index contributed by atoms with van der Waals surface area (Å²) in [5.41, 5.74) is 3.87. The zero-order chi connectivity index (χ0) is 21.3. The summed E-state index contributed by atoms with van der Waals surface area (Å²) in [5.74, 6) is -0.0297. The van der Waals surface area contributed by atoms with Gasteiger partial charge >= 0.3 is 0 Å². The minimum atomic E-state index is -0.366. The van der Waals surface area contributed by atoms with Crippen molar-refractivity contribution in [2.45, 2.75) is 13.5 Å². The molecule has 6 nitrogen and oxygen atoms in total. The molecule has 1 aromatic heterocycles. The van der Waals surface area contributed by atoms with Crippen molar-refractivity contribution in [3.63, 3.8) is 0 Å². The third-order valence-electron chi connectivity index (χ3n) is 3.98. The molecule has 3 rings (SSSR count). The number of hydrogen-bond donors (Lipinski definition) is 1. The first kappa shape index (κ1) is 21.3. The number of carbonyl (C=O) groups excluding carboxylic acids is 1. The molecule has 0 aliphatic carbocycles. The number of hydrogen-bond acceptors (Lipinski definition) is 5. The maximum absolute atomic E-state index is 13.8. The Morgan fingerprint density at radius 3 is 2.70 bits per heavy atom. The fourth-order valence-corrected chi connectivity index (χ4v) is 2.84. The summed E-state index contributed by atoms with van der Waals surface area (Å²) in [4.78, 5) is 15.9. The summed E-state index contributed by atoms with van der Waals surface area (Å²) >= 11 is 6.36. The van der Waals surface area contributed by atoms with E-state index in [1.165, 1.54) is 24.7 Å². The molecule has 0 radical (unpaired) electrons. The van der Waals surface area contributed by atoms with Gasteiger partial charge in [-0.3, -0.25) is 9.78 Å². The molecule has 2 aromatic carbocycles. The third-order valence-corrected chi connectivity index (χ3v) is 4.26. The summed E-state index contributed by atoms with van der Waals surface area (Å²) in [6.45, 7) is 2.21. The van der Waals surface area contributed by atoms with Crippen LogP contribution in [0.5, 0.6) is 11.5 Å². The van der Waals surface area contributed by atoms with E-state index in [4.69, 9.17) is 21.1 Å². The van der Waals surface area contributed by atoms with Crippen molar-refractivity contribution in [1.29, 1.82) is 0 Å². The monoisotopic (exact) mass is 427 g/mol. The Kier molecular flexibility index (Phi) is 7.34. The number of aromatic nitrogens is 1. The minimum Gasteiger partial charge on any atom is -0.490 e. The first-order chi connectivity index (χ1) is 14.6. The van der Waals surface area contributed by atoms with Crippen LogP contribution in [0.4, 0.5) is 4.39 Å². The van der Waals surface area contributed by atoms with E-state index in [2.05, 4.69) is 15.5 Å². The standard InChI is InChI=1S/C22H19ClFN3O3/c1-2-29-20-12-15(13-26-27-22(28)16-7-9-25-10-8-16)11-18(23)21(20)30-14-17-5-3-4-6-19(17)24/h3-13H,2,14H2,1H3,(H,27,28)/b26-13+. The van der Waals surface area contributed by atoms with Gasteiger partial charge in [0.15, 0.2) is 11.5 Å². The van der Waals surface area contributed by atoms with Gasteiger partial charge in [0, 0.05) is 23.5 Å². The molecular weight excluding hydrogens is 409 g/mol.